The molecular formula is C15H13NO. The summed E-state index contributed by atoms with van der Waals surface area (Å²) >= 11 is 0. The van der Waals surface area contributed by atoms with Crippen LogP contribution in [0.1, 0.15) is 5.56 Å². The standard InChI is InChI=1S/C15H13NO/c1-2-10-16-15(17)11-13-8-5-7-12-6-3-4-9-14(12)13/h1,3-9H,10-11H2,(H,16,17). The number of rotatable bonds is 3. The van der Waals surface area contributed by atoms with E-state index in [0.29, 0.717) is 6.42 Å². The van der Waals surface area contributed by atoms with Crippen molar-refractivity contribution < 1.29 is 4.79 Å². The van der Waals surface area contributed by atoms with Crippen LogP contribution in [0.2, 0.25) is 0 Å². The van der Waals surface area contributed by atoms with E-state index in [1.165, 1.54) is 0 Å². The summed E-state index contributed by atoms with van der Waals surface area (Å²) in [5.41, 5.74) is 1.03. The molecule has 0 atom stereocenters. The van der Waals surface area contributed by atoms with Crippen LogP contribution in [0.15, 0.2) is 42.5 Å². The molecule has 1 N–H and O–H groups in total. The largest absolute Gasteiger partial charge is 0.345 e. The van der Waals surface area contributed by atoms with E-state index < -0.39 is 0 Å². The number of fused-ring (bicyclic) bond motifs is 1. The Kier molecular flexibility index (Phi) is 3.42. The smallest absolute Gasteiger partial charge is 0.225 e. The van der Waals surface area contributed by atoms with Gasteiger partial charge in [-0.1, -0.05) is 48.4 Å². The Hall–Kier alpha value is -2.27. The van der Waals surface area contributed by atoms with Crippen molar-refractivity contribution in [1.82, 2.24) is 5.32 Å². The van der Waals surface area contributed by atoms with Crippen LogP contribution in [0.25, 0.3) is 10.8 Å². The number of carbonyl (C=O) groups excluding carboxylic acids is 1. The minimum atomic E-state index is -0.0423. The Morgan fingerprint density at radius 1 is 1.18 bits per heavy atom. The predicted octanol–water partition coefficient (Wildman–Crippen LogP) is 2.13. The third kappa shape index (κ3) is 2.64. The van der Waals surface area contributed by atoms with Crippen molar-refractivity contribution in [3.8, 4) is 12.3 Å². The molecule has 1 amide bonds. The number of terminal acetylenes is 1. The summed E-state index contributed by atoms with van der Waals surface area (Å²) in [6, 6.07) is 14.0. The van der Waals surface area contributed by atoms with Crippen molar-refractivity contribution in [3.05, 3.63) is 48.0 Å². The minimum Gasteiger partial charge on any atom is -0.345 e. The summed E-state index contributed by atoms with van der Waals surface area (Å²) in [4.78, 5) is 11.6. The molecule has 0 bridgehead atoms. The second-order valence-electron chi connectivity index (χ2n) is 3.80. The SMILES string of the molecule is C#CCNC(=O)Cc1cccc2ccccc12. The first-order valence-corrected chi connectivity index (χ1v) is 5.48. The Morgan fingerprint density at radius 3 is 2.76 bits per heavy atom. The second kappa shape index (κ2) is 5.18. The third-order valence-electron chi connectivity index (χ3n) is 2.62. The van der Waals surface area contributed by atoms with Crippen LogP contribution in [-0.4, -0.2) is 12.5 Å². The van der Waals surface area contributed by atoms with Crippen molar-refractivity contribution in [2.75, 3.05) is 6.54 Å². The fourth-order valence-electron chi connectivity index (χ4n) is 1.83. The molecule has 0 aliphatic rings. The maximum Gasteiger partial charge on any atom is 0.225 e. The third-order valence-corrected chi connectivity index (χ3v) is 2.62. The molecular weight excluding hydrogens is 210 g/mol. The molecule has 2 heteroatoms. The average Bonchev–Trinajstić information content (AvgIpc) is 2.37. The van der Waals surface area contributed by atoms with E-state index in [-0.39, 0.29) is 12.5 Å². The fourth-order valence-corrected chi connectivity index (χ4v) is 1.83. The van der Waals surface area contributed by atoms with E-state index in [2.05, 4.69) is 11.2 Å². The van der Waals surface area contributed by atoms with Crippen molar-refractivity contribution in [2.24, 2.45) is 0 Å². The topological polar surface area (TPSA) is 29.1 Å². The van der Waals surface area contributed by atoms with Gasteiger partial charge in [-0.2, -0.15) is 0 Å². The number of hydrogen-bond acceptors (Lipinski definition) is 1. The summed E-state index contributed by atoms with van der Waals surface area (Å²) in [5, 5.41) is 4.93. The summed E-state index contributed by atoms with van der Waals surface area (Å²) in [6.45, 7) is 0.281. The van der Waals surface area contributed by atoms with Gasteiger partial charge >= 0.3 is 0 Å². The number of nitrogens with one attached hydrogen (secondary N) is 1. The van der Waals surface area contributed by atoms with E-state index in [1.807, 2.05) is 42.5 Å². The summed E-state index contributed by atoms with van der Waals surface area (Å²) < 4.78 is 0. The molecule has 0 aliphatic carbocycles. The molecule has 2 aromatic carbocycles. The quantitative estimate of drug-likeness (QED) is 0.793. The Bertz CT molecular complexity index is 575. The Morgan fingerprint density at radius 2 is 1.94 bits per heavy atom. The van der Waals surface area contributed by atoms with Crippen molar-refractivity contribution in [1.29, 1.82) is 0 Å². The van der Waals surface area contributed by atoms with Gasteiger partial charge in [-0.15, -0.1) is 6.42 Å². The number of benzene rings is 2. The van der Waals surface area contributed by atoms with E-state index in [9.17, 15) is 4.79 Å². The first-order chi connectivity index (χ1) is 8.31. The normalized spacial score (nSPS) is 9.82. The van der Waals surface area contributed by atoms with Crippen LogP contribution in [0, 0.1) is 12.3 Å². The summed E-state index contributed by atoms with van der Waals surface area (Å²) in [6.07, 6.45) is 5.46. The number of carbonyl (C=O) groups is 1. The van der Waals surface area contributed by atoms with Crippen LogP contribution >= 0.6 is 0 Å². The zero-order chi connectivity index (χ0) is 12.1. The van der Waals surface area contributed by atoms with Gasteiger partial charge in [-0.05, 0) is 16.3 Å². The van der Waals surface area contributed by atoms with Crippen LogP contribution in [0.4, 0.5) is 0 Å². The van der Waals surface area contributed by atoms with Crippen LogP contribution < -0.4 is 5.32 Å². The van der Waals surface area contributed by atoms with Gasteiger partial charge in [0.2, 0.25) is 5.91 Å². The van der Waals surface area contributed by atoms with Gasteiger partial charge in [0.15, 0.2) is 0 Å². The van der Waals surface area contributed by atoms with Crippen molar-refractivity contribution >= 4 is 16.7 Å². The van der Waals surface area contributed by atoms with Crippen molar-refractivity contribution in [2.45, 2.75) is 6.42 Å². The van der Waals surface area contributed by atoms with Gasteiger partial charge in [0.25, 0.3) is 0 Å². The molecule has 2 aromatic rings. The molecule has 0 spiro atoms. The molecule has 0 unspecified atom stereocenters. The first-order valence-electron chi connectivity index (χ1n) is 5.48. The molecule has 0 heterocycles. The number of hydrogen-bond donors (Lipinski definition) is 1. The highest BCUT2D eigenvalue weighted by Gasteiger charge is 2.05. The van der Waals surface area contributed by atoms with Gasteiger partial charge in [-0.3, -0.25) is 4.79 Å². The maximum absolute atomic E-state index is 11.6. The molecule has 84 valence electrons. The van der Waals surface area contributed by atoms with Crippen LogP contribution in [-0.2, 0) is 11.2 Å². The lowest BCUT2D eigenvalue weighted by Crippen LogP contribution is -2.25. The fraction of sp³-hybridized carbons (Fsp3) is 0.133. The predicted molar refractivity (Wildman–Crippen MR) is 69.5 cm³/mol. The lowest BCUT2D eigenvalue weighted by Gasteiger charge is -2.06. The van der Waals surface area contributed by atoms with E-state index in [1.54, 1.807) is 0 Å². The minimum absolute atomic E-state index is 0.0423. The highest BCUT2D eigenvalue weighted by atomic mass is 16.1. The molecule has 2 nitrogen and oxygen atoms in total. The summed E-state index contributed by atoms with van der Waals surface area (Å²) in [5.74, 6) is 2.35. The maximum atomic E-state index is 11.6. The van der Waals surface area contributed by atoms with Gasteiger partial charge in [-0.25, -0.2) is 0 Å². The van der Waals surface area contributed by atoms with E-state index >= 15 is 0 Å². The van der Waals surface area contributed by atoms with Gasteiger partial charge in [0, 0.05) is 0 Å². The van der Waals surface area contributed by atoms with Crippen LogP contribution in [0.3, 0.4) is 0 Å². The molecule has 0 fully saturated rings. The van der Waals surface area contributed by atoms with Crippen molar-refractivity contribution in [3.63, 3.8) is 0 Å². The Balaban J connectivity index is 2.24. The average molecular weight is 223 g/mol. The summed E-state index contributed by atoms with van der Waals surface area (Å²) in [7, 11) is 0. The lowest BCUT2D eigenvalue weighted by atomic mass is 10.0. The first kappa shape index (κ1) is 11.2. The molecule has 0 radical (unpaired) electrons. The van der Waals surface area contributed by atoms with E-state index in [4.69, 9.17) is 6.42 Å². The van der Waals surface area contributed by atoms with E-state index in [0.717, 1.165) is 16.3 Å². The molecule has 0 saturated carbocycles. The molecule has 0 saturated heterocycles. The highest BCUT2D eigenvalue weighted by molar-refractivity contribution is 5.90. The number of amides is 1. The Labute approximate surface area is 101 Å². The molecule has 0 aliphatic heterocycles. The zero-order valence-electron chi connectivity index (χ0n) is 9.44. The zero-order valence-corrected chi connectivity index (χ0v) is 9.44. The lowest BCUT2D eigenvalue weighted by molar-refractivity contribution is -0.120. The van der Waals surface area contributed by atoms with Gasteiger partial charge in [0.05, 0.1) is 13.0 Å². The monoisotopic (exact) mass is 223 g/mol. The van der Waals surface area contributed by atoms with Gasteiger partial charge < -0.3 is 5.32 Å². The highest BCUT2D eigenvalue weighted by Crippen LogP contribution is 2.18. The van der Waals surface area contributed by atoms with Crippen LogP contribution in [0.5, 0.6) is 0 Å². The molecule has 0 aromatic heterocycles. The second-order valence-corrected chi connectivity index (χ2v) is 3.80. The molecule has 17 heavy (non-hydrogen) atoms. The van der Waals surface area contributed by atoms with Gasteiger partial charge in [0.1, 0.15) is 0 Å². The molecule has 2 rings (SSSR count).